The summed E-state index contributed by atoms with van der Waals surface area (Å²) < 4.78 is 7.21. The van der Waals surface area contributed by atoms with Crippen LogP contribution in [0.4, 0.5) is 16.5 Å². The Hall–Kier alpha value is -2.47. The quantitative estimate of drug-likeness (QED) is 0.137. The van der Waals surface area contributed by atoms with Crippen LogP contribution in [0.3, 0.4) is 0 Å². The molecule has 0 aliphatic rings. The Labute approximate surface area is 221 Å². The predicted molar refractivity (Wildman–Crippen MR) is 155 cm³/mol. The minimum absolute atomic E-state index is 0.123. The molecule has 0 aliphatic heterocycles. The second kappa shape index (κ2) is 15.6. The van der Waals surface area contributed by atoms with Crippen molar-refractivity contribution in [2.45, 2.75) is 104 Å². The fraction of sp³-hybridized carbons (Fsp3) is 0.567. The van der Waals surface area contributed by atoms with Gasteiger partial charge in [-0.15, -0.1) is 0 Å². The lowest BCUT2D eigenvalue weighted by molar-refractivity contribution is 0.194. The Kier molecular flexibility index (Phi) is 12.2. The van der Waals surface area contributed by atoms with Crippen molar-refractivity contribution in [3.8, 4) is 5.75 Å². The Morgan fingerprint density at radius 3 is 2.14 bits per heavy atom. The van der Waals surface area contributed by atoms with E-state index in [0.29, 0.717) is 11.4 Å². The van der Waals surface area contributed by atoms with Crippen LogP contribution in [-0.4, -0.2) is 17.6 Å². The van der Waals surface area contributed by atoms with Crippen molar-refractivity contribution in [2.75, 3.05) is 11.4 Å². The third-order valence-electron chi connectivity index (χ3n) is 6.82. The van der Waals surface area contributed by atoms with E-state index < -0.39 is 0 Å². The molecule has 0 aliphatic carbocycles. The lowest BCUT2D eigenvalue weighted by atomic mass is 10.1. The maximum Gasteiger partial charge on any atom is 0.190 e. The smallest absolute Gasteiger partial charge is 0.190 e. The largest absolute Gasteiger partial charge is 0.488 e. The molecule has 0 radical (unpaired) electrons. The first-order valence-electron chi connectivity index (χ1n) is 14.0. The second-order valence-corrected chi connectivity index (χ2v) is 10.6. The Morgan fingerprint density at radius 1 is 0.889 bits per heavy atom. The molecule has 0 amide bonds. The summed E-state index contributed by atoms with van der Waals surface area (Å²) in [5, 5.41) is 4.74. The van der Waals surface area contributed by atoms with Gasteiger partial charge in [-0.3, -0.25) is 0 Å². The highest BCUT2D eigenvalue weighted by atomic mass is 32.1. The van der Waals surface area contributed by atoms with Gasteiger partial charge in [0.25, 0.3) is 0 Å². The lowest BCUT2D eigenvalue weighted by Crippen LogP contribution is -2.18. The SMILES string of the molecule is CCCCCCCCCCCCN(c1ccccc1)c1nc2cc(OC(CC)CC)c(N=N)cc2s1. The first-order chi connectivity index (χ1) is 17.7. The monoisotopic (exact) mass is 508 g/mol. The van der Waals surface area contributed by atoms with Gasteiger partial charge in [-0.1, -0.05) is 108 Å². The van der Waals surface area contributed by atoms with Gasteiger partial charge in [0.05, 0.1) is 16.3 Å². The van der Waals surface area contributed by atoms with Crippen LogP contribution < -0.4 is 9.64 Å². The molecule has 0 atom stereocenters. The standard InChI is InChI=1S/C30H44N4OS/c1-4-7-8-9-10-11-12-13-14-18-21-34(24-19-16-15-17-20-24)30-32-27-22-28(35-25(5-2)6-3)26(33-31)23-29(27)36-30/h15-17,19-20,22-23,25,31H,4-14,18,21H2,1-3H3. The van der Waals surface area contributed by atoms with E-state index in [9.17, 15) is 0 Å². The maximum atomic E-state index is 7.67. The molecule has 0 bridgehead atoms. The number of anilines is 2. The van der Waals surface area contributed by atoms with Gasteiger partial charge < -0.3 is 9.64 Å². The zero-order valence-corrected chi connectivity index (χ0v) is 23.3. The zero-order chi connectivity index (χ0) is 25.6. The van der Waals surface area contributed by atoms with E-state index in [1.807, 2.05) is 12.1 Å². The highest BCUT2D eigenvalue weighted by Crippen LogP contribution is 2.40. The fourth-order valence-corrected chi connectivity index (χ4v) is 5.59. The Bertz CT molecular complexity index is 1030. The summed E-state index contributed by atoms with van der Waals surface area (Å²) in [5.74, 6) is 0.656. The molecule has 1 aromatic heterocycles. The molecule has 0 spiro atoms. The van der Waals surface area contributed by atoms with E-state index in [1.54, 1.807) is 11.3 Å². The van der Waals surface area contributed by atoms with Crippen LogP contribution in [0, 0.1) is 5.53 Å². The van der Waals surface area contributed by atoms with Gasteiger partial charge in [0.15, 0.2) is 5.13 Å². The number of rotatable bonds is 18. The van der Waals surface area contributed by atoms with Crippen LogP contribution in [0.5, 0.6) is 5.75 Å². The number of ether oxygens (including phenoxy) is 1. The summed E-state index contributed by atoms with van der Waals surface area (Å²) in [7, 11) is 0. The highest BCUT2D eigenvalue weighted by molar-refractivity contribution is 7.22. The van der Waals surface area contributed by atoms with E-state index in [0.717, 1.165) is 41.2 Å². The molecule has 1 N–H and O–H groups in total. The molecule has 3 aromatic rings. The number of fused-ring (bicyclic) bond motifs is 1. The van der Waals surface area contributed by atoms with Gasteiger partial charge >= 0.3 is 0 Å². The summed E-state index contributed by atoms with van der Waals surface area (Å²) in [6.07, 6.45) is 15.3. The topological polar surface area (TPSA) is 61.6 Å². The van der Waals surface area contributed by atoms with Crippen molar-refractivity contribution >= 4 is 38.1 Å². The third-order valence-corrected chi connectivity index (χ3v) is 7.86. The molecular weight excluding hydrogens is 464 g/mol. The summed E-state index contributed by atoms with van der Waals surface area (Å²) in [5.41, 5.74) is 10.3. The summed E-state index contributed by atoms with van der Waals surface area (Å²) in [6.45, 7) is 7.47. The predicted octanol–water partition coefficient (Wildman–Crippen LogP) is 10.6. The number of nitrogens with one attached hydrogen (secondary N) is 1. The molecule has 6 heteroatoms. The number of benzene rings is 2. The van der Waals surface area contributed by atoms with E-state index in [2.05, 4.69) is 61.1 Å². The first-order valence-corrected chi connectivity index (χ1v) is 14.8. The van der Waals surface area contributed by atoms with Crippen LogP contribution in [0.2, 0.25) is 0 Å². The average Bonchev–Trinajstić information content (AvgIpc) is 3.32. The molecule has 2 aromatic carbocycles. The highest BCUT2D eigenvalue weighted by Gasteiger charge is 2.17. The summed E-state index contributed by atoms with van der Waals surface area (Å²) in [6, 6.07) is 14.5. The number of hydrogen-bond acceptors (Lipinski definition) is 6. The van der Waals surface area contributed by atoms with Gasteiger partial charge in [-0.25, -0.2) is 10.5 Å². The molecule has 196 valence electrons. The van der Waals surface area contributed by atoms with Crippen LogP contribution in [-0.2, 0) is 0 Å². The van der Waals surface area contributed by atoms with E-state index in [4.69, 9.17) is 15.3 Å². The Balaban J connectivity index is 1.67. The minimum atomic E-state index is 0.123. The number of thiazole rings is 1. The number of para-hydroxylation sites is 1. The van der Waals surface area contributed by atoms with Crippen molar-refractivity contribution in [1.82, 2.24) is 4.98 Å². The lowest BCUT2D eigenvalue weighted by Gasteiger charge is -2.22. The first kappa shape index (κ1) is 28.1. The molecule has 0 fully saturated rings. The van der Waals surface area contributed by atoms with Gasteiger partial charge in [-0.2, -0.15) is 5.11 Å². The van der Waals surface area contributed by atoms with Gasteiger partial charge in [0.2, 0.25) is 0 Å². The van der Waals surface area contributed by atoms with Crippen molar-refractivity contribution in [3.63, 3.8) is 0 Å². The number of hydrogen-bond donors (Lipinski definition) is 1. The van der Waals surface area contributed by atoms with E-state index in [1.165, 1.54) is 63.5 Å². The van der Waals surface area contributed by atoms with Crippen LogP contribution >= 0.6 is 11.3 Å². The van der Waals surface area contributed by atoms with E-state index >= 15 is 0 Å². The van der Waals surface area contributed by atoms with Crippen molar-refractivity contribution in [3.05, 3.63) is 42.5 Å². The molecule has 0 saturated carbocycles. The van der Waals surface area contributed by atoms with Crippen molar-refractivity contribution < 1.29 is 4.74 Å². The summed E-state index contributed by atoms with van der Waals surface area (Å²) in [4.78, 5) is 7.35. The molecule has 0 saturated heterocycles. The molecule has 36 heavy (non-hydrogen) atoms. The third kappa shape index (κ3) is 8.29. The summed E-state index contributed by atoms with van der Waals surface area (Å²) >= 11 is 1.67. The molecular formula is C30H44N4OS. The molecule has 5 nitrogen and oxygen atoms in total. The van der Waals surface area contributed by atoms with Crippen molar-refractivity contribution in [2.24, 2.45) is 5.11 Å². The van der Waals surface area contributed by atoms with E-state index in [-0.39, 0.29) is 6.10 Å². The number of nitrogens with zero attached hydrogens (tertiary/aromatic N) is 3. The molecule has 3 rings (SSSR count). The molecule has 0 unspecified atom stereocenters. The van der Waals surface area contributed by atoms with Crippen LogP contribution in [0.1, 0.15) is 97.8 Å². The normalized spacial score (nSPS) is 11.3. The average molecular weight is 509 g/mol. The molecule has 1 heterocycles. The van der Waals surface area contributed by atoms with Gasteiger partial charge in [0, 0.05) is 18.3 Å². The van der Waals surface area contributed by atoms with Crippen LogP contribution in [0.25, 0.3) is 10.2 Å². The number of unbranched alkanes of at least 4 members (excludes halogenated alkanes) is 9. The maximum absolute atomic E-state index is 7.67. The Morgan fingerprint density at radius 2 is 1.53 bits per heavy atom. The fourth-order valence-electron chi connectivity index (χ4n) is 4.56. The minimum Gasteiger partial charge on any atom is -0.488 e. The van der Waals surface area contributed by atoms with Crippen LogP contribution in [0.15, 0.2) is 47.6 Å². The zero-order valence-electron chi connectivity index (χ0n) is 22.5. The van der Waals surface area contributed by atoms with Gasteiger partial charge in [-0.05, 0) is 37.5 Å². The second-order valence-electron chi connectivity index (χ2n) is 9.62. The van der Waals surface area contributed by atoms with Crippen molar-refractivity contribution in [1.29, 1.82) is 5.53 Å². The number of aromatic nitrogens is 1. The van der Waals surface area contributed by atoms with Gasteiger partial charge in [0.1, 0.15) is 11.4 Å².